The summed E-state index contributed by atoms with van der Waals surface area (Å²) in [4.78, 5) is 0. The fourth-order valence-electron chi connectivity index (χ4n) is 0.639. The maximum atomic E-state index is 5.38. The monoisotopic (exact) mass is 111 g/mol. The van der Waals surface area contributed by atoms with Crippen LogP contribution in [0.15, 0.2) is 16.7 Å². The third-order valence-electron chi connectivity index (χ3n) is 1.16. The highest BCUT2D eigenvalue weighted by atomic mass is 16.3. The van der Waals surface area contributed by atoms with Crippen LogP contribution in [0.4, 0.5) is 5.88 Å². The van der Waals surface area contributed by atoms with Crippen molar-refractivity contribution in [2.24, 2.45) is 0 Å². The van der Waals surface area contributed by atoms with Gasteiger partial charge >= 0.3 is 0 Å². The molecule has 0 radical (unpaired) electrons. The second-order valence-electron chi connectivity index (χ2n) is 1.66. The van der Waals surface area contributed by atoms with Crippen LogP contribution in [0.3, 0.4) is 0 Å². The molecule has 0 atom stereocenters. The molecule has 0 bridgehead atoms. The Bertz CT molecular complexity index is 169. The van der Waals surface area contributed by atoms with Crippen LogP contribution in [0, 0.1) is 0 Å². The Balaban J connectivity index is 2.92. The largest absolute Gasteiger partial charge is 0.449 e. The van der Waals surface area contributed by atoms with Gasteiger partial charge in [0.05, 0.1) is 6.26 Å². The summed E-state index contributed by atoms with van der Waals surface area (Å²) >= 11 is 0. The smallest absolute Gasteiger partial charge is 0.193 e. The summed E-state index contributed by atoms with van der Waals surface area (Å²) < 4.78 is 4.83. The number of anilines is 1. The number of furan rings is 1. The molecule has 1 rings (SSSR count). The van der Waals surface area contributed by atoms with Gasteiger partial charge in [-0.15, -0.1) is 0 Å². The van der Waals surface area contributed by atoms with Gasteiger partial charge in [0.2, 0.25) is 0 Å². The van der Waals surface area contributed by atoms with Crippen molar-refractivity contribution in [2.75, 3.05) is 5.73 Å². The molecule has 0 saturated carbocycles. The molecule has 0 unspecified atom stereocenters. The van der Waals surface area contributed by atoms with E-state index in [-0.39, 0.29) is 0 Å². The Morgan fingerprint density at radius 2 is 2.50 bits per heavy atom. The summed E-state index contributed by atoms with van der Waals surface area (Å²) in [5, 5.41) is 0. The van der Waals surface area contributed by atoms with Crippen molar-refractivity contribution in [3.8, 4) is 0 Å². The predicted molar refractivity (Wildman–Crippen MR) is 32.5 cm³/mol. The van der Waals surface area contributed by atoms with E-state index in [0.717, 1.165) is 12.0 Å². The van der Waals surface area contributed by atoms with Gasteiger partial charge in [-0.05, 0) is 12.5 Å². The van der Waals surface area contributed by atoms with Gasteiger partial charge in [-0.25, -0.2) is 0 Å². The van der Waals surface area contributed by atoms with E-state index in [0.29, 0.717) is 5.88 Å². The highest BCUT2D eigenvalue weighted by molar-refractivity contribution is 5.35. The number of hydrogen-bond acceptors (Lipinski definition) is 2. The number of aryl methyl sites for hydroxylation is 1. The quantitative estimate of drug-likeness (QED) is 0.595. The number of hydrogen-bond donors (Lipinski definition) is 1. The second-order valence-corrected chi connectivity index (χ2v) is 1.66. The lowest BCUT2D eigenvalue weighted by Gasteiger charge is -1.86. The van der Waals surface area contributed by atoms with Crippen LogP contribution >= 0.6 is 0 Å². The number of nitrogen functional groups attached to an aromatic ring is 1. The van der Waals surface area contributed by atoms with E-state index in [1.54, 1.807) is 6.26 Å². The van der Waals surface area contributed by atoms with Crippen LogP contribution in [0.5, 0.6) is 0 Å². The van der Waals surface area contributed by atoms with E-state index in [1.165, 1.54) is 0 Å². The van der Waals surface area contributed by atoms with Gasteiger partial charge in [0.15, 0.2) is 5.88 Å². The zero-order chi connectivity index (χ0) is 5.98. The average molecular weight is 111 g/mol. The molecule has 8 heavy (non-hydrogen) atoms. The molecule has 2 heteroatoms. The SMILES string of the molecule is CCc1ccoc1N. The van der Waals surface area contributed by atoms with Crippen LogP contribution in [-0.4, -0.2) is 0 Å². The molecule has 1 aromatic heterocycles. The Hall–Kier alpha value is -0.920. The molecular weight excluding hydrogens is 102 g/mol. The third kappa shape index (κ3) is 0.689. The fourth-order valence-corrected chi connectivity index (χ4v) is 0.639. The second kappa shape index (κ2) is 1.90. The summed E-state index contributed by atoms with van der Waals surface area (Å²) in [5.74, 6) is 0.549. The van der Waals surface area contributed by atoms with Gasteiger partial charge in [-0.1, -0.05) is 6.92 Å². The molecule has 2 N–H and O–H groups in total. The van der Waals surface area contributed by atoms with Crippen molar-refractivity contribution in [3.05, 3.63) is 17.9 Å². The summed E-state index contributed by atoms with van der Waals surface area (Å²) in [6.45, 7) is 2.04. The maximum Gasteiger partial charge on any atom is 0.193 e. The Kier molecular flexibility index (Phi) is 1.24. The molecule has 0 aliphatic heterocycles. The molecule has 0 fully saturated rings. The van der Waals surface area contributed by atoms with Gasteiger partial charge in [-0.3, -0.25) is 0 Å². The Morgan fingerprint density at radius 3 is 2.75 bits per heavy atom. The highest BCUT2D eigenvalue weighted by Crippen LogP contribution is 2.11. The molecule has 0 aromatic carbocycles. The van der Waals surface area contributed by atoms with Crippen molar-refractivity contribution in [2.45, 2.75) is 13.3 Å². The lowest BCUT2D eigenvalue weighted by atomic mass is 10.2. The Labute approximate surface area is 48.3 Å². The highest BCUT2D eigenvalue weighted by Gasteiger charge is 1.95. The van der Waals surface area contributed by atoms with Crippen LogP contribution in [0.1, 0.15) is 12.5 Å². The van der Waals surface area contributed by atoms with Crippen LogP contribution < -0.4 is 5.73 Å². The minimum absolute atomic E-state index is 0.549. The zero-order valence-electron chi connectivity index (χ0n) is 4.85. The standard InChI is InChI=1S/C6H9NO/c1-2-5-3-4-8-6(5)7/h3-4H,2,7H2,1H3. The molecule has 0 saturated heterocycles. The minimum Gasteiger partial charge on any atom is -0.449 e. The van der Waals surface area contributed by atoms with Gasteiger partial charge in [0, 0.05) is 5.56 Å². The lowest BCUT2D eigenvalue weighted by Crippen LogP contribution is -1.85. The van der Waals surface area contributed by atoms with Crippen molar-refractivity contribution >= 4 is 5.88 Å². The first-order valence-corrected chi connectivity index (χ1v) is 2.66. The first-order chi connectivity index (χ1) is 3.84. The maximum absolute atomic E-state index is 5.38. The number of nitrogens with two attached hydrogens (primary N) is 1. The molecule has 0 spiro atoms. The molecule has 0 amide bonds. The fraction of sp³-hybridized carbons (Fsp3) is 0.333. The summed E-state index contributed by atoms with van der Waals surface area (Å²) in [5.41, 5.74) is 6.47. The summed E-state index contributed by atoms with van der Waals surface area (Å²) in [6.07, 6.45) is 2.55. The number of rotatable bonds is 1. The molecule has 1 aromatic rings. The van der Waals surface area contributed by atoms with Crippen molar-refractivity contribution in [1.29, 1.82) is 0 Å². The van der Waals surface area contributed by atoms with Gasteiger partial charge in [0.25, 0.3) is 0 Å². The topological polar surface area (TPSA) is 39.2 Å². The molecular formula is C6H9NO. The normalized spacial score (nSPS) is 9.62. The van der Waals surface area contributed by atoms with E-state index < -0.39 is 0 Å². The van der Waals surface area contributed by atoms with E-state index in [1.807, 2.05) is 13.0 Å². The van der Waals surface area contributed by atoms with E-state index in [4.69, 9.17) is 10.2 Å². The molecule has 1 heterocycles. The van der Waals surface area contributed by atoms with Gasteiger partial charge in [-0.2, -0.15) is 0 Å². The molecule has 0 aliphatic rings. The first kappa shape index (κ1) is 5.22. The van der Waals surface area contributed by atoms with E-state index in [9.17, 15) is 0 Å². The Morgan fingerprint density at radius 1 is 1.75 bits per heavy atom. The summed E-state index contributed by atoms with van der Waals surface area (Å²) in [6, 6.07) is 1.88. The third-order valence-corrected chi connectivity index (χ3v) is 1.16. The molecule has 0 aliphatic carbocycles. The zero-order valence-corrected chi connectivity index (χ0v) is 4.85. The van der Waals surface area contributed by atoms with Crippen LogP contribution in [0.2, 0.25) is 0 Å². The van der Waals surface area contributed by atoms with Crippen molar-refractivity contribution in [1.82, 2.24) is 0 Å². The van der Waals surface area contributed by atoms with Crippen molar-refractivity contribution in [3.63, 3.8) is 0 Å². The predicted octanol–water partition coefficient (Wildman–Crippen LogP) is 1.42. The van der Waals surface area contributed by atoms with Gasteiger partial charge < -0.3 is 10.2 Å². The summed E-state index contributed by atoms with van der Waals surface area (Å²) in [7, 11) is 0. The molecule has 2 nitrogen and oxygen atoms in total. The minimum atomic E-state index is 0.549. The van der Waals surface area contributed by atoms with E-state index in [2.05, 4.69) is 0 Å². The first-order valence-electron chi connectivity index (χ1n) is 2.66. The van der Waals surface area contributed by atoms with E-state index >= 15 is 0 Å². The lowest BCUT2D eigenvalue weighted by molar-refractivity contribution is 0.585. The molecule has 44 valence electrons. The van der Waals surface area contributed by atoms with Crippen molar-refractivity contribution < 1.29 is 4.42 Å². The van der Waals surface area contributed by atoms with Gasteiger partial charge in [0.1, 0.15) is 0 Å². The van der Waals surface area contributed by atoms with Crippen LogP contribution in [0.25, 0.3) is 0 Å². The average Bonchev–Trinajstić information content (AvgIpc) is 2.14. The van der Waals surface area contributed by atoms with Crippen LogP contribution in [-0.2, 0) is 6.42 Å².